The summed E-state index contributed by atoms with van der Waals surface area (Å²) >= 11 is 5.88. The first kappa shape index (κ1) is 15.9. The molecule has 1 rings (SSSR count). The van der Waals surface area contributed by atoms with Gasteiger partial charge in [-0.25, -0.2) is 0 Å². The van der Waals surface area contributed by atoms with Crippen molar-refractivity contribution in [1.82, 2.24) is 5.32 Å². The molecule has 5 nitrogen and oxygen atoms in total. The van der Waals surface area contributed by atoms with Crippen molar-refractivity contribution in [1.29, 1.82) is 0 Å². The Morgan fingerprint density at radius 3 is 2.84 bits per heavy atom. The summed E-state index contributed by atoms with van der Waals surface area (Å²) in [6.45, 7) is 3.08. The summed E-state index contributed by atoms with van der Waals surface area (Å²) in [6.07, 6.45) is 1.99. The van der Waals surface area contributed by atoms with E-state index in [0.29, 0.717) is 23.7 Å². The monoisotopic (exact) mass is 286 g/mol. The van der Waals surface area contributed by atoms with Gasteiger partial charge in [-0.1, -0.05) is 24.9 Å². The Labute approximate surface area is 118 Å². The van der Waals surface area contributed by atoms with Crippen LogP contribution in [-0.4, -0.2) is 24.7 Å². The Morgan fingerprint density at radius 2 is 2.26 bits per heavy atom. The fraction of sp³-hybridized carbons (Fsp3) is 0.538. The van der Waals surface area contributed by atoms with Crippen LogP contribution in [0.1, 0.15) is 25.3 Å². The first-order valence-electron chi connectivity index (χ1n) is 6.23. The second-order valence-corrected chi connectivity index (χ2v) is 4.79. The van der Waals surface area contributed by atoms with E-state index in [0.717, 1.165) is 12.8 Å². The number of nitro groups is 1. The molecule has 19 heavy (non-hydrogen) atoms. The number of halogens is 1. The van der Waals surface area contributed by atoms with E-state index in [4.69, 9.17) is 16.3 Å². The van der Waals surface area contributed by atoms with Crippen molar-refractivity contribution in [3.63, 3.8) is 0 Å². The van der Waals surface area contributed by atoms with E-state index < -0.39 is 4.92 Å². The molecule has 0 aromatic heterocycles. The third-order valence-electron chi connectivity index (χ3n) is 2.82. The SMILES string of the molecule is CCCC(COC)NCc1cc(Cl)ccc1[N+](=O)[O-]. The third kappa shape index (κ3) is 5.14. The van der Waals surface area contributed by atoms with Crippen LogP contribution in [0.4, 0.5) is 5.69 Å². The molecule has 0 aliphatic heterocycles. The molecule has 106 valence electrons. The Hall–Kier alpha value is -1.17. The van der Waals surface area contributed by atoms with E-state index in [2.05, 4.69) is 12.2 Å². The Balaban J connectivity index is 2.74. The van der Waals surface area contributed by atoms with E-state index in [1.54, 1.807) is 13.2 Å². The van der Waals surface area contributed by atoms with Crippen molar-refractivity contribution in [3.05, 3.63) is 38.9 Å². The molecule has 6 heteroatoms. The van der Waals surface area contributed by atoms with Gasteiger partial charge in [-0.2, -0.15) is 0 Å². The molecule has 0 saturated heterocycles. The van der Waals surface area contributed by atoms with Crippen molar-refractivity contribution in [2.45, 2.75) is 32.4 Å². The smallest absolute Gasteiger partial charge is 0.273 e. The molecule has 1 unspecified atom stereocenters. The molecule has 0 heterocycles. The van der Waals surface area contributed by atoms with Crippen LogP contribution in [0, 0.1) is 10.1 Å². The van der Waals surface area contributed by atoms with Crippen LogP contribution in [0.25, 0.3) is 0 Å². The summed E-state index contributed by atoms with van der Waals surface area (Å²) in [5.74, 6) is 0. The van der Waals surface area contributed by atoms with E-state index in [9.17, 15) is 10.1 Å². The highest BCUT2D eigenvalue weighted by Gasteiger charge is 2.15. The molecule has 0 aliphatic rings. The van der Waals surface area contributed by atoms with E-state index in [1.165, 1.54) is 12.1 Å². The predicted molar refractivity (Wildman–Crippen MR) is 75.5 cm³/mol. The summed E-state index contributed by atoms with van der Waals surface area (Å²) in [7, 11) is 1.65. The van der Waals surface area contributed by atoms with Gasteiger partial charge >= 0.3 is 0 Å². The molecule has 0 radical (unpaired) electrons. The average molecular weight is 287 g/mol. The fourth-order valence-electron chi connectivity index (χ4n) is 1.92. The Kier molecular flexibility index (Phi) is 6.77. The molecule has 1 aromatic rings. The minimum atomic E-state index is -0.390. The highest BCUT2D eigenvalue weighted by molar-refractivity contribution is 6.30. The van der Waals surface area contributed by atoms with Crippen LogP contribution >= 0.6 is 11.6 Å². The second kappa shape index (κ2) is 8.09. The maximum atomic E-state index is 10.9. The number of rotatable bonds is 8. The molecule has 0 saturated carbocycles. The topological polar surface area (TPSA) is 64.4 Å². The summed E-state index contributed by atoms with van der Waals surface area (Å²) in [5, 5.41) is 14.7. The first-order chi connectivity index (χ1) is 9.08. The lowest BCUT2D eigenvalue weighted by atomic mass is 10.1. The second-order valence-electron chi connectivity index (χ2n) is 4.35. The minimum absolute atomic E-state index is 0.0876. The lowest BCUT2D eigenvalue weighted by molar-refractivity contribution is -0.385. The summed E-state index contributed by atoms with van der Waals surface area (Å²) in [5.41, 5.74) is 0.680. The average Bonchev–Trinajstić information content (AvgIpc) is 2.36. The maximum absolute atomic E-state index is 10.9. The van der Waals surface area contributed by atoms with Gasteiger partial charge in [0.15, 0.2) is 0 Å². The molecule has 1 aromatic carbocycles. The van der Waals surface area contributed by atoms with Crippen LogP contribution in [0.5, 0.6) is 0 Å². The zero-order valence-corrected chi connectivity index (χ0v) is 11.9. The zero-order valence-electron chi connectivity index (χ0n) is 11.2. The molecular weight excluding hydrogens is 268 g/mol. The lowest BCUT2D eigenvalue weighted by Crippen LogP contribution is -2.32. The quantitative estimate of drug-likeness (QED) is 0.589. The van der Waals surface area contributed by atoms with E-state index >= 15 is 0 Å². The number of hydrogen-bond donors (Lipinski definition) is 1. The van der Waals surface area contributed by atoms with Crippen molar-refractivity contribution < 1.29 is 9.66 Å². The van der Waals surface area contributed by atoms with E-state index in [1.807, 2.05) is 0 Å². The normalized spacial score (nSPS) is 12.4. The van der Waals surface area contributed by atoms with Gasteiger partial charge in [0.05, 0.1) is 11.5 Å². The van der Waals surface area contributed by atoms with Crippen LogP contribution in [-0.2, 0) is 11.3 Å². The van der Waals surface area contributed by atoms with Gasteiger partial charge in [-0.3, -0.25) is 10.1 Å². The third-order valence-corrected chi connectivity index (χ3v) is 3.06. The van der Waals surface area contributed by atoms with Crippen molar-refractivity contribution in [2.24, 2.45) is 0 Å². The molecule has 1 atom stereocenters. The number of nitrogens with zero attached hydrogens (tertiary/aromatic N) is 1. The number of hydrogen-bond acceptors (Lipinski definition) is 4. The summed E-state index contributed by atoms with van der Waals surface area (Å²) in [4.78, 5) is 10.5. The van der Waals surface area contributed by atoms with Crippen molar-refractivity contribution in [3.8, 4) is 0 Å². The van der Waals surface area contributed by atoms with Crippen LogP contribution in [0.15, 0.2) is 18.2 Å². The minimum Gasteiger partial charge on any atom is -0.383 e. The van der Waals surface area contributed by atoms with Gasteiger partial charge in [0.25, 0.3) is 5.69 Å². The van der Waals surface area contributed by atoms with Crippen LogP contribution < -0.4 is 5.32 Å². The predicted octanol–water partition coefficient (Wildman–Crippen LogP) is 3.15. The standard InChI is InChI=1S/C13H19ClN2O3/c1-3-4-12(9-19-2)15-8-10-7-11(14)5-6-13(10)16(17)18/h5-7,12,15H,3-4,8-9H2,1-2H3. The van der Waals surface area contributed by atoms with Crippen LogP contribution in [0.3, 0.4) is 0 Å². The van der Waals surface area contributed by atoms with Crippen LogP contribution in [0.2, 0.25) is 5.02 Å². The van der Waals surface area contributed by atoms with Gasteiger partial charge in [0.1, 0.15) is 0 Å². The van der Waals surface area contributed by atoms with Gasteiger partial charge in [-0.15, -0.1) is 0 Å². The molecule has 0 amide bonds. The summed E-state index contributed by atoms with van der Waals surface area (Å²) in [6, 6.07) is 4.78. The lowest BCUT2D eigenvalue weighted by Gasteiger charge is -2.17. The fourth-order valence-corrected chi connectivity index (χ4v) is 2.12. The number of nitrogens with one attached hydrogen (secondary N) is 1. The van der Waals surface area contributed by atoms with Gasteiger partial charge < -0.3 is 10.1 Å². The first-order valence-corrected chi connectivity index (χ1v) is 6.61. The molecular formula is C13H19ClN2O3. The molecule has 0 bridgehead atoms. The molecule has 0 spiro atoms. The highest BCUT2D eigenvalue weighted by Crippen LogP contribution is 2.22. The maximum Gasteiger partial charge on any atom is 0.273 e. The van der Waals surface area contributed by atoms with Crippen molar-refractivity contribution >= 4 is 17.3 Å². The summed E-state index contributed by atoms with van der Waals surface area (Å²) < 4.78 is 5.12. The molecule has 0 fully saturated rings. The highest BCUT2D eigenvalue weighted by atomic mass is 35.5. The molecule has 1 N–H and O–H groups in total. The Morgan fingerprint density at radius 1 is 1.53 bits per heavy atom. The Bertz CT molecular complexity index is 420. The largest absolute Gasteiger partial charge is 0.383 e. The van der Waals surface area contributed by atoms with Crippen molar-refractivity contribution in [2.75, 3.05) is 13.7 Å². The van der Waals surface area contributed by atoms with E-state index in [-0.39, 0.29) is 11.7 Å². The van der Waals surface area contributed by atoms with Gasteiger partial charge in [-0.05, 0) is 18.6 Å². The number of methoxy groups -OCH3 is 1. The van der Waals surface area contributed by atoms with Gasteiger partial charge in [0.2, 0.25) is 0 Å². The number of nitro benzene ring substituents is 1. The van der Waals surface area contributed by atoms with Gasteiger partial charge in [0, 0.05) is 36.3 Å². The number of ether oxygens (including phenoxy) is 1. The molecule has 0 aliphatic carbocycles. The number of benzene rings is 1. The zero-order chi connectivity index (χ0) is 14.3.